The van der Waals surface area contributed by atoms with Crippen LogP contribution in [0.4, 0.5) is 0 Å². The third-order valence-corrected chi connectivity index (χ3v) is 3.52. The Labute approximate surface area is 132 Å². The normalized spacial score (nSPS) is 11.5. The lowest BCUT2D eigenvalue weighted by molar-refractivity contribution is -0.131. The Hall–Kier alpha value is -2.28. The number of H-pyrrole nitrogens is 1. The Morgan fingerprint density at radius 3 is 2.68 bits per heavy atom. The van der Waals surface area contributed by atoms with Gasteiger partial charge in [-0.1, -0.05) is 19.1 Å². The molecule has 1 heterocycles. The van der Waals surface area contributed by atoms with E-state index in [1.807, 2.05) is 31.2 Å². The summed E-state index contributed by atoms with van der Waals surface area (Å²) < 4.78 is 5.49. The smallest absolute Gasteiger partial charge is 0.342 e. The van der Waals surface area contributed by atoms with E-state index in [1.165, 1.54) is 0 Å². The third kappa shape index (κ3) is 4.63. The fraction of sp³-hybridized carbons (Fsp3) is 0.267. The second kappa shape index (κ2) is 7.65. The number of benzene rings is 1. The maximum atomic E-state index is 11.3. The molecule has 2 N–H and O–H groups in total. The van der Waals surface area contributed by atoms with Gasteiger partial charge in [0.2, 0.25) is 5.16 Å². The molecule has 0 aliphatic heterocycles. The van der Waals surface area contributed by atoms with Crippen molar-refractivity contribution in [2.75, 3.05) is 6.61 Å². The summed E-state index contributed by atoms with van der Waals surface area (Å²) in [5.41, 5.74) is 0.779. The molecular weight excluding hydrogens is 302 g/mol. The molecule has 2 rings (SSSR count). The first kappa shape index (κ1) is 16.1. The standard InChI is InChI=1S/C15H17N3O3S/c1-3-8-21-12-6-4-11(5-7-12)9-13(14(19)20)22-15-16-10(2)17-18-15/h4-7,9H,3,8H2,1-2H3,(H,19,20)(H,16,17,18)/b13-9+. The van der Waals surface area contributed by atoms with Crippen molar-refractivity contribution in [1.29, 1.82) is 0 Å². The first-order chi connectivity index (χ1) is 10.6. The monoisotopic (exact) mass is 319 g/mol. The van der Waals surface area contributed by atoms with Crippen LogP contribution in [0.25, 0.3) is 6.08 Å². The number of carboxylic acids is 1. The van der Waals surface area contributed by atoms with Crippen LogP contribution in [0.3, 0.4) is 0 Å². The van der Waals surface area contributed by atoms with E-state index < -0.39 is 5.97 Å². The molecule has 22 heavy (non-hydrogen) atoms. The minimum absolute atomic E-state index is 0.154. The molecule has 1 aromatic carbocycles. The SMILES string of the molecule is CCCOc1ccc(/C=C(/Sc2n[nH]c(C)n2)C(=O)O)cc1. The van der Waals surface area contributed by atoms with Crippen molar-refractivity contribution in [1.82, 2.24) is 15.2 Å². The van der Waals surface area contributed by atoms with Gasteiger partial charge >= 0.3 is 5.97 Å². The Balaban J connectivity index is 2.13. The largest absolute Gasteiger partial charge is 0.494 e. The van der Waals surface area contributed by atoms with Crippen LogP contribution in [0.5, 0.6) is 5.75 Å². The molecular formula is C15H17N3O3S. The van der Waals surface area contributed by atoms with Gasteiger partial charge in [-0.2, -0.15) is 0 Å². The Kier molecular flexibility index (Phi) is 5.60. The van der Waals surface area contributed by atoms with Gasteiger partial charge in [0, 0.05) is 0 Å². The van der Waals surface area contributed by atoms with Crippen LogP contribution >= 0.6 is 11.8 Å². The summed E-state index contributed by atoms with van der Waals surface area (Å²) >= 11 is 1.01. The van der Waals surface area contributed by atoms with Crippen LogP contribution in [0.1, 0.15) is 24.7 Å². The number of ether oxygens (including phenoxy) is 1. The summed E-state index contributed by atoms with van der Waals surface area (Å²) in [5, 5.41) is 16.3. The van der Waals surface area contributed by atoms with E-state index in [9.17, 15) is 9.90 Å². The van der Waals surface area contributed by atoms with Crippen LogP contribution in [-0.4, -0.2) is 32.9 Å². The number of carboxylic acid groups (broad SMARTS) is 1. The van der Waals surface area contributed by atoms with Gasteiger partial charge in [0.05, 0.1) is 6.61 Å². The van der Waals surface area contributed by atoms with Crippen molar-refractivity contribution in [2.24, 2.45) is 0 Å². The van der Waals surface area contributed by atoms with E-state index in [1.54, 1.807) is 13.0 Å². The average molecular weight is 319 g/mol. The number of rotatable bonds is 7. The molecule has 0 atom stereocenters. The summed E-state index contributed by atoms with van der Waals surface area (Å²) in [7, 11) is 0. The van der Waals surface area contributed by atoms with Crippen molar-refractivity contribution in [3.63, 3.8) is 0 Å². The predicted molar refractivity (Wildman–Crippen MR) is 84.8 cm³/mol. The van der Waals surface area contributed by atoms with Gasteiger partial charge in [-0.3, -0.25) is 5.10 Å². The zero-order chi connectivity index (χ0) is 15.9. The molecule has 0 spiro atoms. The van der Waals surface area contributed by atoms with Gasteiger partial charge in [0.15, 0.2) is 0 Å². The average Bonchev–Trinajstić information content (AvgIpc) is 2.91. The molecule has 6 nitrogen and oxygen atoms in total. The number of aromatic amines is 1. The molecule has 0 saturated heterocycles. The third-order valence-electron chi connectivity index (χ3n) is 2.64. The summed E-state index contributed by atoms with van der Waals surface area (Å²) in [4.78, 5) is 15.6. The Morgan fingerprint density at radius 2 is 2.14 bits per heavy atom. The predicted octanol–water partition coefficient (Wildman–Crippen LogP) is 3.12. The lowest BCUT2D eigenvalue weighted by atomic mass is 10.2. The van der Waals surface area contributed by atoms with Gasteiger partial charge in [0.25, 0.3) is 0 Å². The number of aryl methyl sites for hydroxylation is 1. The fourth-order valence-corrected chi connectivity index (χ4v) is 2.39. The Morgan fingerprint density at radius 1 is 1.41 bits per heavy atom. The minimum Gasteiger partial charge on any atom is -0.494 e. The molecule has 0 aliphatic carbocycles. The van der Waals surface area contributed by atoms with Crippen molar-refractivity contribution < 1.29 is 14.6 Å². The molecule has 0 unspecified atom stereocenters. The van der Waals surface area contributed by atoms with E-state index >= 15 is 0 Å². The van der Waals surface area contributed by atoms with Gasteiger partial charge in [-0.15, -0.1) is 5.10 Å². The summed E-state index contributed by atoms with van der Waals surface area (Å²) in [6, 6.07) is 7.28. The van der Waals surface area contributed by atoms with E-state index in [0.717, 1.165) is 29.5 Å². The summed E-state index contributed by atoms with van der Waals surface area (Å²) in [5.74, 6) is 0.400. The first-order valence-corrected chi connectivity index (χ1v) is 7.65. The summed E-state index contributed by atoms with van der Waals surface area (Å²) in [6.45, 7) is 4.46. The number of nitrogens with one attached hydrogen (secondary N) is 1. The van der Waals surface area contributed by atoms with Crippen LogP contribution in [0.15, 0.2) is 34.3 Å². The fourth-order valence-electron chi connectivity index (χ4n) is 1.63. The number of aliphatic carboxylic acids is 1. The minimum atomic E-state index is -1.02. The molecule has 1 aromatic heterocycles. The molecule has 0 amide bonds. The first-order valence-electron chi connectivity index (χ1n) is 6.83. The van der Waals surface area contributed by atoms with Crippen molar-refractivity contribution >= 4 is 23.8 Å². The second-order valence-electron chi connectivity index (χ2n) is 4.54. The highest BCUT2D eigenvalue weighted by Gasteiger charge is 2.12. The quantitative estimate of drug-likeness (QED) is 0.602. The second-order valence-corrected chi connectivity index (χ2v) is 5.55. The molecule has 0 bridgehead atoms. The van der Waals surface area contributed by atoms with Crippen LogP contribution < -0.4 is 4.74 Å². The van der Waals surface area contributed by atoms with Crippen LogP contribution in [0.2, 0.25) is 0 Å². The molecule has 0 aliphatic rings. The van der Waals surface area contributed by atoms with Crippen molar-refractivity contribution in [3.8, 4) is 5.75 Å². The summed E-state index contributed by atoms with van der Waals surface area (Å²) in [6.07, 6.45) is 2.53. The van der Waals surface area contributed by atoms with Gasteiger partial charge in [-0.25, -0.2) is 9.78 Å². The zero-order valence-corrected chi connectivity index (χ0v) is 13.2. The highest BCUT2D eigenvalue weighted by Crippen LogP contribution is 2.26. The highest BCUT2D eigenvalue weighted by molar-refractivity contribution is 8.04. The van der Waals surface area contributed by atoms with Gasteiger partial charge in [-0.05, 0) is 48.9 Å². The maximum Gasteiger partial charge on any atom is 0.342 e. The lowest BCUT2D eigenvalue weighted by Crippen LogP contribution is -1.97. The number of carbonyl (C=O) groups is 1. The zero-order valence-electron chi connectivity index (χ0n) is 12.4. The lowest BCUT2D eigenvalue weighted by Gasteiger charge is -2.04. The number of aromatic nitrogens is 3. The maximum absolute atomic E-state index is 11.3. The topological polar surface area (TPSA) is 88.1 Å². The molecule has 0 fully saturated rings. The van der Waals surface area contributed by atoms with E-state index in [-0.39, 0.29) is 4.91 Å². The van der Waals surface area contributed by atoms with Crippen molar-refractivity contribution in [2.45, 2.75) is 25.4 Å². The number of hydrogen-bond donors (Lipinski definition) is 2. The molecule has 7 heteroatoms. The van der Waals surface area contributed by atoms with Gasteiger partial charge in [0.1, 0.15) is 16.5 Å². The van der Waals surface area contributed by atoms with E-state index in [0.29, 0.717) is 17.6 Å². The number of thioether (sulfide) groups is 1. The van der Waals surface area contributed by atoms with Crippen LogP contribution in [-0.2, 0) is 4.79 Å². The van der Waals surface area contributed by atoms with Crippen molar-refractivity contribution in [3.05, 3.63) is 40.6 Å². The number of hydrogen-bond acceptors (Lipinski definition) is 5. The molecule has 0 saturated carbocycles. The molecule has 116 valence electrons. The molecule has 0 radical (unpaired) electrons. The van der Waals surface area contributed by atoms with E-state index in [4.69, 9.17) is 4.74 Å². The van der Waals surface area contributed by atoms with Gasteiger partial charge < -0.3 is 9.84 Å². The highest BCUT2D eigenvalue weighted by atomic mass is 32.2. The Bertz CT molecular complexity index is 665. The van der Waals surface area contributed by atoms with Crippen LogP contribution in [0, 0.1) is 6.92 Å². The number of nitrogens with zero attached hydrogens (tertiary/aromatic N) is 2. The molecule has 2 aromatic rings. The van der Waals surface area contributed by atoms with E-state index in [2.05, 4.69) is 15.2 Å².